The number of rotatable bonds is 6. The first-order valence-electron chi connectivity index (χ1n) is 8.41. The van der Waals surface area contributed by atoms with Gasteiger partial charge in [-0.25, -0.2) is 0 Å². The normalized spacial score (nSPS) is 48.5. The van der Waals surface area contributed by atoms with E-state index < -0.39 is 68.0 Å². The van der Waals surface area contributed by atoms with Crippen LogP contribution in [0.2, 0.25) is 0 Å². The molecule has 2 rings (SSSR count). The monoisotopic (exact) mass is 368 g/mol. The average molecular weight is 368 g/mol. The molecular formula is C15H28O10. The molecule has 0 aromatic heterocycles. The van der Waals surface area contributed by atoms with Crippen LogP contribution in [0.4, 0.5) is 0 Å². The van der Waals surface area contributed by atoms with Gasteiger partial charge in [-0.05, 0) is 13.3 Å². The fourth-order valence-corrected chi connectivity index (χ4v) is 2.86. The molecule has 0 aromatic carbocycles. The van der Waals surface area contributed by atoms with Gasteiger partial charge >= 0.3 is 0 Å². The van der Waals surface area contributed by atoms with Crippen molar-refractivity contribution in [1.29, 1.82) is 0 Å². The highest BCUT2D eigenvalue weighted by molar-refractivity contribution is 4.93. The van der Waals surface area contributed by atoms with Crippen LogP contribution in [0.15, 0.2) is 0 Å². The molecule has 0 amide bonds. The second kappa shape index (κ2) is 9.00. The molecule has 0 aromatic rings. The largest absolute Gasteiger partial charge is 0.394 e. The number of ether oxygens (including phenoxy) is 4. The lowest BCUT2D eigenvalue weighted by atomic mass is 9.97. The standard InChI is InChI=1S/C15H28O10/c1-3-4-22-14-12(21)13(8(17)6(2)23-14)25-15-11(20)10(19)9(18)7(5-16)24-15/h6-21H,3-5H2,1-2H3/t6-,7+,8-,9+,10-,11+,12+,13+,14+,15+/m0/s1. The maximum atomic E-state index is 10.4. The second-order valence-corrected chi connectivity index (χ2v) is 6.36. The van der Waals surface area contributed by atoms with Gasteiger partial charge in [0.05, 0.1) is 12.7 Å². The van der Waals surface area contributed by atoms with Gasteiger partial charge in [-0.15, -0.1) is 0 Å². The molecule has 0 spiro atoms. The van der Waals surface area contributed by atoms with Crippen molar-refractivity contribution in [2.24, 2.45) is 0 Å². The molecule has 148 valence electrons. The maximum Gasteiger partial charge on any atom is 0.187 e. The third-order valence-electron chi connectivity index (χ3n) is 4.41. The van der Waals surface area contributed by atoms with Crippen molar-refractivity contribution in [2.75, 3.05) is 13.2 Å². The molecule has 0 unspecified atom stereocenters. The summed E-state index contributed by atoms with van der Waals surface area (Å²) >= 11 is 0. The molecule has 0 aliphatic carbocycles. The van der Waals surface area contributed by atoms with E-state index in [4.69, 9.17) is 18.9 Å². The summed E-state index contributed by atoms with van der Waals surface area (Å²) in [5.74, 6) is 0. The van der Waals surface area contributed by atoms with Crippen molar-refractivity contribution in [3.63, 3.8) is 0 Å². The van der Waals surface area contributed by atoms with Crippen LogP contribution >= 0.6 is 0 Å². The van der Waals surface area contributed by atoms with E-state index in [2.05, 4.69) is 0 Å². The van der Waals surface area contributed by atoms with Gasteiger partial charge in [0, 0.05) is 6.61 Å². The predicted molar refractivity (Wildman–Crippen MR) is 81.2 cm³/mol. The van der Waals surface area contributed by atoms with Crippen LogP contribution in [-0.4, -0.2) is 105 Å². The minimum Gasteiger partial charge on any atom is -0.394 e. The third-order valence-corrected chi connectivity index (χ3v) is 4.41. The van der Waals surface area contributed by atoms with Crippen LogP contribution < -0.4 is 0 Å². The van der Waals surface area contributed by atoms with E-state index in [1.54, 1.807) is 6.92 Å². The van der Waals surface area contributed by atoms with Crippen molar-refractivity contribution in [3.05, 3.63) is 0 Å². The third kappa shape index (κ3) is 4.48. The fraction of sp³-hybridized carbons (Fsp3) is 1.00. The van der Waals surface area contributed by atoms with Crippen LogP contribution in [0, 0.1) is 0 Å². The minimum atomic E-state index is -1.63. The summed E-state index contributed by atoms with van der Waals surface area (Å²) in [4.78, 5) is 0. The first-order valence-corrected chi connectivity index (χ1v) is 8.41. The second-order valence-electron chi connectivity index (χ2n) is 6.36. The Labute approximate surface area is 145 Å². The number of hydrogen-bond acceptors (Lipinski definition) is 10. The highest BCUT2D eigenvalue weighted by Crippen LogP contribution is 2.29. The summed E-state index contributed by atoms with van der Waals surface area (Å²) in [6, 6.07) is 0. The van der Waals surface area contributed by atoms with E-state index in [9.17, 15) is 30.6 Å². The van der Waals surface area contributed by atoms with Gasteiger partial charge < -0.3 is 49.6 Å². The summed E-state index contributed by atoms with van der Waals surface area (Å²) in [5.41, 5.74) is 0. The molecule has 25 heavy (non-hydrogen) atoms. The van der Waals surface area contributed by atoms with Gasteiger partial charge in [0.15, 0.2) is 12.6 Å². The van der Waals surface area contributed by atoms with E-state index in [1.807, 2.05) is 6.92 Å². The lowest BCUT2D eigenvalue weighted by Crippen LogP contribution is -2.64. The highest BCUT2D eigenvalue weighted by atomic mass is 16.7. The topological polar surface area (TPSA) is 158 Å². The van der Waals surface area contributed by atoms with Gasteiger partial charge in [-0.3, -0.25) is 0 Å². The lowest BCUT2D eigenvalue weighted by molar-refractivity contribution is -0.357. The van der Waals surface area contributed by atoms with Crippen molar-refractivity contribution in [2.45, 2.75) is 81.7 Å². The number of aliphatic hydroxyl groups is 6. The SMILES string of the molecule is CCCO[C@@H]1O[C@@H](C)[C@H](O)[C@@H](O[C@H]2O[C@H](CO)[C@@H](O)[C@H](O)[C@H]2O)[C@H]1O. The van der Waals surface area contributed by atoms with Gasteiger partial charge in [0.1, 0.15) is 42.7 Å². The van der Waals surface area contributed by atoms with Crippen molar-refractivity contribution in [3.8, 4) is 0 Å². The predicted octanol–water partition coefficient (Wildman–Crippen LogP) is -2.94. The summed E-state index contributed by atoms with van der Waals surface area (Å²) in [6.45, 7) is 3.18. The number of aliphatic hydroxyl groups excluding tert-OH is 6. The minimum absolute atomic E-state index is 0.331. The van der Waals surface area contributed by atoms with Crippen molar-refractivity contribution >= 4 is 0 Å². The molecule has 10 atom stereocenters. The Morgan fingerprint density at radius 2 is 1.52 bits per heavy atom. The Hall–Kier alpha value is -0.400. The van der Waals surface area contributed by atoms with Gasteiger partial charge in [0.2, 0.25) is 0 Å². The van der Waals surface area contributed by atoms with Crippen LogP contribution in [0.3, 0.4) is 0 Å². The zero-order valence-electron chi connectivity index (χ0n) is 14.2. The molecule has 6 N–H and O–H groups in total. The first kappa shape index (κ1) is 20.9. The zero-order chi connectivity index (χ0) is 18.7. The Morgan fingerprint density at radius 3 is 2.12 bits per heavy atom. The molecule has 0 saturated carbocycles. The highest BCUT2D eigenvalue weighted by Gasteiger charge is 2.50. The van der Waals surface area contributed by atoms with Gasteiger partial charge in [0.25, 0.3) is 0 Å². The molecule has 2 aliphatic heterocycles. The smallest absolute Gasteiger partial charge is 0.187 e. The van der Waals surface area contributed by atoms with E-state index >= 15 is 0 Å². The summed E-state index contributed by atoms with van der Waals surface area (Å²) in [7, 11) is 0. The van der Waals surface area contributed by atoms with E-state index in [0.29, 0.717) is 13.0 Å². The number of hydrogen-bond donors (Lipinski definition) is 6. The molecule has 2 saturated heterocycles. The van der Waals surface area contributed by atoms with E-state index in [-0.39, 0.29) is 0 Å². The molecule has 0 radical (unpaired) electrons. The van der Waals surface area contributed by atoms with Crippen LogP contribution in [0.5, 0.6) is 0 Å². The van der Waals surface area contributed by atoms with Crippen molar-refractivity contribution in [1.82, 2.24) is 0 Å². The summed E-state index contributed by atoms with van der Waals surface area (Å²) in [6.07, 6.45) is -12.3. The Bertz CT molecular complexity index is 408. The molecule has 2 heterocycles. The molecule has 2 fully saturated rings. The van der Waals surface area contributed by atoms with Crippen LogP contribution in [-0.2, 0) is 18.9 Å². The molecule has 10 heteroatoms. The first-order chi connectivity index (χ1) is 11.8. The van der Waals surface area contributed by atoms with Gasteiger partial charge in [-0.2, -0.15) is 0 Å². The Balaban J connectivity index is 2.09. The maximum absolute atomic E-state index is 10.4. The summed E-state index contributed by atoms with van der Waals surface area (Å²) in [5, 5.41) is 59.4. The molecule has 2 aliphatic rings. The van der Waals surface area contributed by atoms with E-state index in [1.165, 1.54) is 0 Å². The zero-order valence-corrected chi connectivity index (χ0v) is 14.2. The van der Waals surface area contributed by atoms with Gasteiger partial charge in [-0.1, -0.05) is 6.92 Å². The van der Waals surface area contributed by atoms with Crippen molar-refractivity contribution < 1.29 is 49.6 Å². The summed E-state index contributed by atoms with van der Waals surface area (Å²) < 4.78 is 21.5. The molecule has 10 nitrogen and oxygen atoms in total. The molecule has 0 bridgehead atoms. The van der Waals surface area contributed by atoms with E-state index in [0.717, 1.165) is 0 Å². The lowest BCUT2D eigenvalue weighted by Gasteiger charge is -2.45. The van der Waals surface area contributed by atoms with Crippen LogP contribution in [0.1, 0.15) is 20.3 Å². The molecular weight excluding hydrogens is 340 g/mol. The van der Waals surface area contributed by atoms with Crippen LogP contribution in [0.25, 0.3) is 0 Å². The average Bonchev–Trinajstić information content (AvgIpc) is 2.60. The Kier molecular flexibility index (Phi) is 7.52. The fourth-order valence-electron chi connectivity index (χ4n) is 2.86. The Morgan fingerprint density at radius 1 is 0.840 bits per heavy atom. The quantitative estimate of drug-likeness (QED) is 0.286.